The smallest absolute Gasteiger partial charge is 0.336 e. The Morgan fingerprint density at radius 3 is 2.14 bits per heavy atom. The van der Waals surface area contributed by atoms with Crippen LogP contribution in [-0.4, -0.2) is 40.0 Å². The Labute approximate surface area is 119 Å². The van der Waals surface area contributed by atoms with Crippen molar-refractivity contribution in [1.82, 2.24) is 5.32 Å². The zero-order chi connectivity index (χ0) is 16.0. The summed E-state index contributed by atoms with van der Waals surface area (Å²) in [4.78, 5) is 44.7. The predicted molar refractivity (Wildman–Crippen MR) is 70.7 cm³/mol. The first-order valence-corrected chi connectivity index (χ1v) is 5.97. The summed E-state index contributed by atoms with van der Waals surface area (Å²) in [5, 5.41) is 20.1. The quantitative estimate of drug-likeness (QED) is 0.549. The molecule has 0 radical (unpaired) electrons. The molecular weight excluding hydrogens is 280 g/mol. The summed E-state index contributed by atoms with van der Waals surface area (Å²) in [5.74, 6) is -4.17. The van der Waals surface area contributed by atoms with Gasteiger partial charge < -0.3 is 21.3 Å². The first-order valence-electron chi connectivity index (χ1n) is 5.97. The fourth-order valence-electron chi connectivity index (χ4n) is 1.65. The summed E-state index contributed by atoms with van der Waals surface area (Å²) >= 11 is 0. The first-order chi connectivity index (χ1) is 9.82. The highest BCUT2D eigenvalue weighted by Gasteiger charge is 2.23. The van der Waals surface area contributed by atoms with E-state index >= 15 is 0 Å². The van der Waals surface area contributed by atoms with Crippen LogP contribution in [0.15, 0.2) is 24.3 Å². The van der Waals surface area contributed by atoms with E-state index in [1.54, 1.807) is 0 Å². The highest BCUT2D eigenvalue weighted by atomic mass is 16.4. The third-order valence-corrected chi connectivity index (χ3v) is 2.68. The molecule has 0 spiro atoms. The van der Waals surface area contributed by atoms with Gasteiger partial charge in [-0.2, -0.15) is 0 Å². The van der Waals surface area contributed by atoms with Gasteiger partial charge in [0.05, 0.1) is 11.1 Å². The molecule has 21 heavy (non-hydrogen) atoms. The summed E-state index contributed by atoms with van der Waals surface area (Å²) in [6.45, 7) is 0. The van der Waals surface area contributed by atoms with Gasteiger partial charge in [0.1, 0.15) is 6.04 Å². The molecule has 8 nitrogen and oxygen atoms in total. The molecule has 0 aromatic heterocycles. The number of carboxylic acids is 2. The minimum atomic E-state index is -1.34. The summed E-state index contributed by atoms with van der Waals surface area (Å²) in [6, 6.07) is 4.08. The van der Waals surface area contributed by atoms with Crippen LogP contribution in [0.2, 0.25) is 0 Å². The Balaban J connectivity index is 2.90. The van der Waals surface area contributed by atoms with Crippen molar-refractivity contribution in [3.05, 3.63) is 35.4 Å². The second kappa shape index (κ2) is 7.04. The summed E-state index contributed by atoms with van der Waals surface area (Å²) in [5.41, 5.74) is 4.53. The molecule has 1 atom stereocenters. The van der Waals surface area contributed by atoms with Crippen LogP contribution in [0, 0.1) is 0 Å². The molecule has 0 bridgehead atoms. The van der Waals surface area contributed by atoms with E-state index in [9.17, 15) is 19.2 Å². The minimum Gasteiger partial charge on any atom is -0.480 e. The van der Waals surface area contributed by atoms with Crippen LogP contribution in [0.5, 0.6) is 0 Å². The van der Waals surface area contributed by atoms with Gasteiger partial charge >= 0.3 is 11.9 Å². The molecule has 0 aliphatic heterocycles. The predicted octanol–water partition coefficient (Wildman–Crippen LogP) is -0.167. The second-order valence-corrected chi connectivity index (χ2v) is 4.22. The van der Waals surface area contributed by atoms with Crippen LogP contribution >= 0.6 is 0 Å². The van der Waals surface area contributed by atoms with E-state index in [4.69, 9.17) is 15.9 Å². The van der Waals surface area contributed by atoms with Crippen molar-refractivity contribution in [2.24, 2.45) is 5.73 Å². The maximum absolute atomic E-state index is 12.0. The van der Waals surface area contributed by atoms with Gasteiger partial charge in [-0.05, 0) is 18.6 Å². The number of carboxylic acid groups (broad SMARTS) is 2. The summed E-state index contributed by atoms with van der Waals surface area (Å²) < 4.78 is 0. The zero-order valence-corrected chi connectivity index (χ0v) is 10.9. The average Bonchev–Trinajstić information content (AvgIpc) is 2.42. The normalized spacial score (nSPS) is 11.4. The van der Waals surface area contributed by atoms with Crippen LogP contribution < -0.4 is 11.1 Å². The number of carbonyl (C=O) groups excluding carboxylic acids is 2. The molecule has 1 aromatic rings. The molecule has 5 N–H and O–H groups in total. The van der Waals surface area contributed by atoms with Crippen LogP contribution in [0.4, 0.5) is 0 Å². The standard InChI is InChI=1S/C13H14N2O6/c14-10(16)6-5-9(13(20)21)15-11(17)7-3-1-2-4-8(7)12(18)19/h1-4,9H,5-6H2,(H2,14,16)(H,15,17)(H,18,19)(H,20,21)/t9-/m1/s1. The fourth-order valence-corrected chi connectivity index (χ4v) is 1.65. The molecule has 0 aliphatic rings. The van der Waals surface area contributed by atoms with Gasteiger partial charge in [0.2, 0.25) is 5.91 Å². The molecule has 0 saturated heterocycles. The number of nitrogens with one attached hydrogen (secondary N) is 1. The van der Waals surface area contributed by atoms with E-state index in [0.29, 0.717) is 0 Å². The Morgan fingerprint density at radius 2 is 1.67 bits per heavy atom. The number of hydrogen-bond donors (Lipinski definition) is 4. The topological polar surface area (TPSA) is 147 Å². The SMILES string of the molecule is NC(=O)CC[C@@H](NC(=O)c1ccccc1C(=O)O)C(=O)O. The lowest BCUT2D eigenvalue weighted by atomic mass is 10.1. The summed E-state index contributed by atoms with van der Waals surface area (Å²) in [6.07, 6.45) is -0.385. The Morgan fingerprint density at radius 1 is 1.10 bits per heavy atom. The van der Waals surface area contributed by atoms with Crippen molar-refractivity contribution < 1.29 is 29.4 Å². The number of aliphatic carboxylic acids is 1. The highest BCUT2D eigenvalue weighted by Crippen LogP contribution is 2.10. The van der Waals surface area contributed by atoms with E-state index in [0.717, 1.165) is 0 Å². The molecule has 0 saturated carbocycles. The van der Waals surface area contributed by atoms with Gasteiger partial charge in [0, 0.05) is 6.42 Å². The second-order valence-electron chi connectivity index (χ2n) is 4.22. The number of benzene rings is 1. The van der Waals surface area contributed by atoms with E-state index in [1.807, 2.05) is 0 Å². The van der Waals surface area contributed by atoms with Crippen LogP contribution in [0.25, 0.3) is 0 Å². The number of hydrogen-bond acceptors (Lipinski definition) is 4. The van der Waals surface area contributed by atoms with Gasteiger partial charge in [0.15, 0.2) is 0 Å². The third kappa shape index (κ3) is 4.60. The maximum Gasteiger partial charge on any atom is 0.336 e. The van der Waals surface area contributed by atoms with Crippen LogP contribution in [0.1, 0.15) is 33.6 Å². The number of primary amides is 1. The van der Waals surface area contributed by atoms with E-state index < -0.39 is 29.8 Å². The lowest BCUT2D eigenvalue weighted by Crippen LogP contribution is -2.41. The van der Waals surface area contributed by atoms with E-state index in [1.165, 1.54) is 24.3 Å². The van der Waals surface area contributed by atoms with Gasteiger partial charge in [-0.1, -0.05) is 12.1 Å². The molecule has 0 fully saturated rings. The minimum absolute atomic E-state index is 0.157. The van der Waals surface area contributed by atoms with Gasteiger partial charge in [-0.25, -0.2) is 9.59 Å². The zero-order valence-electron chi connectivity index (χ0n) is 10.9. The number of nitrogens with two attached hydrogens (primary N) is 1. The number of aromatic carboxylic acids is 1. The summed E-state index contributed by atoms with van der Waals surface area (Å²) in [7, 11) is 0. The van der Waals surface area contributed by atoms with E-state index in [-0.39, 0.29) is 24.0 Å². The molecule has 8 heteroatoms. The van der Waals surface area contributed by atoms with Gasteiger partial charge in [-0.15, -0.1) is 0 Å². The van der Waals surface area contributed by atoms with Crippen molar-refractivity contribution in [2.45, 2.75) is 18.9 Å². The molecule has 1 rings (SSSR count). The largest absolute Gasteiger partial charge is 0.480 e. The lowest BCUT2D eigenvalue weighted by Gasteiger charge is -2.14. The van der Waals surface area contributed by atoms with Crippen LogP contribution in [-0.2, 0) is 9.59 Å². The molecule has 2 amide bonds. The number of rotatable bonds is 7. The van der Waals surface area contributed by atoms with Crippen molar-refractivity contribution in [1.29, 1.82) is 0 Å². The maximum atomic E-state index is 12.0. The van der Waals surface area contributed by atoms with Crippen molar-refractivity contribution in [2.75, 3.05) is 0 Å². The first kappa shape index (κ1) is 16.2. The molecule has 0 heterocycles. The number of amides is 2. The Bertz CT molecular complexity index is 584. The Hall–Kier alpha value is -2.90. The molecular formula is C13H14N2O6. The monoisotopic (exact) mass is 294 g/mol. The molecule has 0 unspecified atom stereocenters. The number of carbonyl (C=O) groups is 4. The fraction of sp³-hybridized carbons (Fsp3) is 0.231. The average molecular weight is 294 g/mol. The molecule has 1 aromatic carbocycles. The highest BCUT2D eigenvalue weighted by molar-refractivity contribution is 6.05. The Kier molecular flexibility index (Phi) is 5.41. The lowest BCUT2D eigenvalue weighted by molar-refractivity contribution is -0.139. The third-order valence-electron chi connectivity index (χ3n) is 2.68. The van der Waals surface area contributed by atoms with Crippen molar-refractivity contribution >= 4 is 23.8 Å². The van der Waals surface area contributed by atoms with Crippen molar-refractivity contribution in [3.8, 4) is 0 Å². The van der Waals surface area contributed by atoms with Crippen molar-refractivity contribution in [3.63, 3.8) is 0 Å². The van der Waals surface area contributed by atoms with Gasteiger partial charge in [0.25, 0.3) is 5.91 Å². The van der Waals surface area contributed by atoms with E-state index in [2.05, 4.69) is 5.32 Å². The molecule has 0 aliphatic carbocycles. The van der Waals surface area contributed by atoms with Gasteiger partial charge in [-0.3, -0.25) is 9.59 Å². The molecule has 112 valence electrons. The van der Waals surface area contributed by atoms with Crippen LogP contribution in [0.3, 0.4) is 0 Å².